The van der Waals surface area contributed by atoms with E-state index in [0.29, 0.717) is 5.75 Å². The largest absolute Gasteiger partial charge is 0.507 e. The molecule has 0 aliphatic heterocycles. The van der Waals surface area contributed by atoms with E-state index in [0.717, 1.165) is 22.3 Å². The molecule has 0 aliphatic carbocycles. The van der Waals surface area contributed by atoms with E-state index in [1.54, 1.807) is 0 Å². The Morgan fingerprint density at radius 1 is 0.739 bits per heavy atom. The fourth-order valence-electron chi connectivity index (χ4n) is 3.24. The third-order valence-electron chi connectivity index (χ3n) is 4.68. The lowest BCUT2D eigenvalue weighted by atomic mass is 9.75. The van der Waals surface area contributed by atoms with E-state index in [4.69, 9.17) is 0 Å². The second-order valence-corrected chi connectivity index (χ2v) is 6.49. The van der Waals surface area contributed by atoms with Gasteiger partial charge in [-0.15, -0.1) is 0 Å². The molecule has 3 rings (SSSR count). The molecule has 0 aliphatic rings. The van der Waals surface area contributed by atoms with Gasteiger partial charge in [-0.05, 0) is 29.2 Å². The quantitative estimate of drug-likeness (QED) is 0.658. The number of benzene rings is 3. The number of hydrogen-bond acceptors (Lipinski definition) is 1. The summed E-state index contributed by atoms with van der Waals surface area (Å²) in [5.74, 6) is 0.373. The van der Waals surface area contributed by atoms with Gasteiger partial charge in [0.05, 0.1) is 0 Å². The summed E-state index contributed by atoms with van der Waals surface area (Å²) in [7, 11) is 0. The lowest BCUT2D eigenvalue weighted by Gasteiger charge is -2.29. The van der Waals surface area contributed by atoms with Crippen molar-refractivity contribution < 1.29 is 5.11 Å². The van der Waals surface area contributed by atoms with Crippen LogP contribution in [0.1, 0.15) is 30.5 Å². The number of hydrogen-bond donors (Lipinski definition) is 1. The van der Waals surface area contributed by atoms with Gasteiger partial charge < -0.3 is 5.11 Å². The molecule has 1 N–H and O–H groups in total. The lowest BCUT2D eigenvalue weighted by Crippen LogP contribution is -2.20. The highest BCUT2D eigenvalue weighted by atomic mass is 16.3. The van der Waals surface area contributed by atoms with Crippen LogP contribution in [0.25, 0.3) is 11.1 Å². The maximum absolute atomic E-state index is 10.7. The fourth-order valence-corrected chi connectivity index (χ4v) is 3.24. The molecule has 1 heteroatoms. The molecular formula is C22H22O. The van der Waals surface area contributed by atoms with Crippen molar-refractivity contribution in [3.8, 4) is 16.9 Å². The van der Waals surface area contributed by atoms with Crippen LogP contribution in [0.4, 0.5) is 0 Å². The van der Waals surface area contributed by atoms with E-state index in [1.165, 1.54) is 5.56 Å². The van der Waals surface area contributed by atoms with E-state index < -0.39 is 0 Å². The molecule has 0 heterocycles. The molecule has 0 spiro atoms. The monoisotopic (exact) mass is 302 g/mol. The number of phenolic OH excluding ortho intramolecular Hbond substituents is 1. The molecule has 0 bridgehead atoms. The van der Waals surface area contributed by atoms with Gasteiger partial charge in [0.2, 0.25) is 0 Å². The van der Waals surface area contributed by atoms with Gasteiger partial charge >= 0.3 is 0 Å². The Balaban J connectivity index is 2.11. The maximum Gasteiger partial charge on any atom is 0.126 e. The SMILES string of the molecule is Cc1c(C(C)(C)c2ccccc2)ccc(-c2ccccc2)c1O. The Labute approximate surface area is 138 Å². The van der Waals surface area contributed by atoms with Crippen molar-refractivity contribution in [2.45, 2.75) is 26.2 Å². The van der Waals surface area contributed by atoms with Crippen LogP contribution in [0.3, 0.4) is 0 Å². The normalized spacial score (nSPS) is 11.4. The van der Waals surface area contributed by atoms with E-state index in [2.05, 4.69) is 44.2 Å². The maximum atomic E-state index is 10.7. The predicted octanol–water partition coefficient (Wildman–Crippen LogP) is 5.69. The van der Waals surface area contributed by atoms with Gasteiger partial charge in [-0.25, -0.2) is 0 Å². The molecule has 3 aromatic rings. The van der Waals surface area contributed by atoms with Crippen molar-refractivity contribution in [1.29, 1.82) is 0 Å². The zero-order chi connectivity index (χ0) is 16.4. The Hall–Kier alpha value is -2.54. The molecule has 3 aromatic carbocycles. The molecule has 0 fully saturated rings. The van der Waals surface area contributed by atoms with Crippen LogP contribution in [0.15, 0.2) is 72.8 Å². The van der Waals surface area contributed by atoms with Crippen molar-refractivity contribution in [3.63, 3.8) is 0 Å². The second kappa shape index (κ2) is 5.92. The molecule has 23 heavy (non-hydrogen) atoms. The first-order valence-corrected chi connectivity index (χ1v) is 7.96. The average Bonchev–Trinajstić information content (AvgIpc) is 2.58. The highest BCUT2D eigenvalue weighted by Gasteiger charge is 2.26. The summed E-state index contributed by atoms with van der Waals surface area (Å²) in [6, 6.07) is 24.6. The van der Waals surface area contributed by atoms with Crippen LogP contribution in [-0.4, -0.2) is 5.11 Å². The lowest BCUT2D eigenvalue weighted by molar-refractivity contribution is 0.469. The van der Waals surface area contributed by atoms with Crippen molar-refractivity contribution in [3.05, 3.63) is 89.5 Å². The smallest absolute Gasteiger partial charge is 0.126 e. The highest BCUT2D eigenvalue weighted by molar-refractivity contribution is 5.73. The van der Waals surface area contributed by atoms with Crippen LogP contribution in [0.2, 0.25) is 0 Å². The van der Waals surface area contributed by atoms with Crippen LogP contribution in [0.5, 0.6) is 5.75 Å². The first-order chi connectivity index (χ1) is 11.0. The van der Waals surface area contributed by atoms with Crippen molar-refractivity contribution >= 4 is 0 Å². The number of phenols is 1. The molecule has 0 unspecified atom stereocenters. The highest BCUT2D eigenvalue weighted by Crippen LogP contribution is 2.40. The van der Waals surface area contributed by atoms with E-state index in [9.17, 15) is 5.11 Å². The zero-order valence-corrected chi connectivity index (χ0v) is 13.9. The van der Waals surface area contributed by atoms with Crippen LogP contribution in [-0.2, 0) is 5.41 Å². The molecule has 0 atom stereocenters. The fraction of sp³-hybridized carbons (Fsp3) is 0.182. The minimum absolute atomic E-state index is 0.155. The summed E-state index contributed by atoms with van der Waals surface area (Å²) in [4.78, 5) is 0. The molecule has 0 saturated heterocycles. The number of rotatable bonds is 3. The minimum atomic E-state index is -0.155. The zero-order valence-electron chi connectivity index (χ0n) is 13.9. The van der Waals surface area contributed by atoms with Crippen molar-refractivity contribution in [2.24, 2.45) is 0 Å². The topological polar surface area (TPSA) is 20.2 Å². The van der Waals surface area contributed by atoms with Gasteiger partial charge in [-0.2, -0.15) is 0 Å². The van der Waals surface area contributed by atoms with E-state index in [-0.39, 0.29) is 5.41 Å². The Kier molecular flexibility index (Phi) is 3.96. The summed E-state index contributed by atoms with van der Waals surface area (Å²) in [5.41, 5.74) is 5.11. The van der Waals surface area contributed by atoms with Crippen LogP contribution in [0, 0.1) is 6.92 Å². The molecule has 0 aromatic heterocycles. The predicted molar refractivity (Wildman–Crippen MR) is 96.8 cm³/mol. The third kappa shape index (κ3) is 2.75. The standard InChI is InChI=1S/C22H22O/c1-16-20(22(2,3)18-12-8-5-9-13-18)15-14-19(21(16)23)17-10-6-4-7-11-17/h4-15,23H,1-3H3. The number of aromatic hydroxyl groups is 1. The third-order valence-corrected chi connectivity index (χ3v) is 4.68. The second-order valence-electron chi connectivity index (χ2n) is 6.49. The molecule has 0 radical (unpaired) electrons. The average molecular weight is 302 g/mol. The summed E-state index contributed by atoms with van der Waals surface area (Å²) >= 11 is 0. The van der Waals surface area contributed by atoms with Gasteiger partial charge in [0, 0.05) is 11.0 Å². The Bertz CT molecular complexity index is 802. The van der Waals surface area contributed by atoms with Gasteiger partial charge in [0.15, 0.2) is 0 Å². The Morgan fingerprint density at radius 2 is 1.30 bits per heavy atom. The molecule has 116 valence electrons. The van der Waals surface area contributed by atoms with Gasteiger partial charge in [-0.3, -0.25) is 0 Å². The summed E-state index contributed by atoms with van der Waals surface area (Å²) in [6.07, 6.45) is 0. The van der Waals surface area contributed by atoms with E-state index in [1.807, 2.05) is 49.4 Å². The molecule has 1 nitrogen and oxygen atoms in total. The molecular weight excluding hydrogens is 280 g/mol. The van der Waals surface area contributed by atoms with Gasteiger partial charge in [0.25, 0.3) is 0 Å². The summed E-state index contributed by atoms with van der Waals surface area (Å²) in [5, 5.41) is 10.7. The van der Waals surface area contributed by atoms with E-state index >= 15 is 0 Å². The summed E-state index contributed by atoms with van der Waals surface area (Å²) in [6.45, 7) is 6.40. The van der Waals surface area contributed by atoms with Gasteiger partial charge in [0.1, 0.15) is 5.75 Å². The minimum Gasteiger partial charge on any atom is -0.507 e. The first kappa shape index (κ1) is 15.4. The van der Waals surface area contributed by atoms with Crippen molar-refractivity contribution in [1.82, 2.24) is 0 Å². The first-order valence-electron chi connectivity index (χ1n) is 7.96. The van der Waals surface area contributed by atoms with Crippen molar-refractivity contribution in [2.75, 3.05) is 0 Å². The molecule has 0 saturated carbocycles. The Morgan fingerprint density at radius 3 is 1.91 bits per heavy atom. The molecule has 0 amide bonds. The van der Waals surface area contributed by atoms with Crippen LogP contribution >= 0.6 is 0 Å². The summed E-state index contributed by atoms with van der Waals surface area (Å²) < 4.78 is 0. The van der Waals surface area contributed by atoms with Crippen LogP contribution < -0.4 is 0 Å². The van der Waals surface area contributed by atoms with Gasteiger partial charge in [-0.1, -0.05) is 86.6 Å².